The van der Waals surface area contributed by atoms with Crippen molar-refractivity contribution in [2.75, 3.05) is 24.2 Å². The Kier molecular flexibility index (Phi) is 3.17. The minimum atomic E-state index is -0.666. The quantitative estimate of drug-likeness (QED) is 0.720. The van der Waals surface area contributed by atoms with Gasteiger partial charge in [-0.15, -0.1) is 0 Å². The van der Waals surface area contributed by atoms with E-state index in [0.717, 1.165) is 28.8 Å². The molecular weight excluding hydrogens is 228 g/mol. The summed E-state index contributed by atoms with van der Waals surface area (Å²) in [4.78, 5) is 2.05. The fraction of sp³-hybridized carbons (Fsp3) is 0.462. The van der Waals surface area contributed by atoms with Crippen LogP contribution in [0.4, 0.5) is 11.4 Å². The molecule has 1 aromatic heterocycles. The van der Waals surface area contributed by atoms with Crippen LogP contribution in [0.3, 0.4) is 0 Å². The second-order valence-corrected chi connectivity index (χ2v) is 5.35. The largest absolute Gasteiger partial charge is 0.397 e. The van der Waals surface area contributed by atoms with Crippen molar-refractivity contribution in [3.8, 4) is 0 Å². The molecule has 2 aromatic rings. The molecule has 0 aliphatic carbocycles. The van der Waals surface area contributed by atoms with Gasteiger partial charge < -0.3 is 15.7 Å². The van der Waals surface area contributed by atoms with Gasteiger partial charge in [-0.05, 0) is 32.4 Å². The molecule has 5 nitrogen and oxygen atoms in total. The van der Waals surface area contributed by atoms with Crippen LogP contribution in [-0.4, -0.2) is 34.5 Å². The maximum atomic E-state index is 9.75. The van der Waals surface area contributed by atoms with Crippen LogP contribution in [-0.2, 0) is 0 Å². The Morgan fingerprint density at radius 2 is 2.17 bits per heavy atom. The fourth-order valence-electron chi connectivity index (χ4n) is 1.89. The molecule has 0 radical (unpaired) electrons. The van der Waals surface area contributed by atoms with Crippen LogP contribution in [0.2, 0.25) is 0 Å². The van der Waals surface area contributed by atoms with Crippen LogP contribution in [0.15, 0.2) is 18.3 Å². The average Bonchev–Trinajstić information content (AvgIpc) is 2.70. The number of aliphatic hydroxyl groups is 1. The minimum Gasteiger partial charge on any atom is -0.397 e. The monoisotopic (exact) mass is 248 g/mol. The maximum Gasteiger partial charge on any atom is 0.0672 e. The summed E-state index contributed by atoms with van der Waals surface area (Å²) in [6, 6.07) is 3.90. The number of nitrogens with two attached hydrogens (primary N) is 1. The Balaban J connectivity index is 2.21. The standard InChI is InChI=1S/C13H20N4O/c1-13(2,18)4-5-17(3)12-7-11-9(6-10(12)14)8-15-16-11/h6-8,18H,4-5,14H2,1-3H3,(H,15,16). The van der Waals surface area contributed by atoms with E-state index in [4.69, 9.17) is 5.73 Å². The highest BCUT2D eigenvalue weighted by Gasteiger charge is 2.15. The van der Waals surface area contributed by atoms with Crippen LogP contribution in [0.1, 0.15) is 20.3 Å². The molecule has 0 spiro atoms. The number of hydrogen-bond donors (Lipinski definition) is 3. The van der Waals surface area contributed by atoms with Gasteiger partial charge in [0.1, 0.15) is 0 Å². The summed E-state index contributed by atoms with van der Waals surface area (Å²) in [5.74, 6) is 0. The first-order valence-corrected chi connectivity index (χ1v) is 6.03. The number of benzene rings is 1. The molecule has 0 bridgehead atoms. The van der Waals surface area contributed by atoms with Gasteiger partial charge >= 0.3 is 0 Å². The summed E-state index contributed by atoms with van der Waals surface area (Å²) in [6.45, 7) is 4.36. The fourth-order valence-corrected chi connectivity index (χ4v) is 1.89. The number of rotatable bonds is 4. The molecule has 0 fully saturated rings. The molecule has 0 saturated heterocycles. The van der Waals surface area contributed by atoms with Crippen LogP contribution in [0.5, 0.6) is 0 Å². The van der Waals surface area contributed by atoms with Gasteiger partial charge in [-0.2, -0.15) is 5.10 Å². The second-order valence-electron chi connectivity index (χ2n) is 5.35. The third-order valence-corrected chi connectivity index (χ3v) is 3.06. The Labute approximate surface area is 107 Å². The van der Waals surface area contributed by atoms with E-state index in [1.807, 2.05) is 37.9 Å². The van der Waals surface area contributed by atoms with Crippen molar-refractivity contribution in [2.45, 2.75) is 25.9 Å². The van der Waals surface area contributed by atoms with E-state index in [-0.39, 0.29) is 0 Å². The summed E-state index contributed by atoms with van der Waals surface area (Å²) in [5.41, 5.74) is 8.02. The molecule has 0 aliphatic heterocycles. The van der Waals surface area contributed by atoms with E-state index >= 15 is 0 Å². The lowest BCUT2D eigenvalue weighted by molar-refractivity contribution is 0.0734. The third-order valence-electron chi connectivity index (χ3n) is 3.06. The third kappa shape index (κ3) is 2.73. The van der Waals surface area contributed by atoms with Crippen LogP contribution in [0, 0.1) is 0 Å². The van der Waals surface area contributed by atoms with Crippen LogP contribution < -0.4 is 10.6 Å². The molecule has 0 amide bonds. The van der Waals surface area contributed by atoms with Gasteiger partial charge in [0.15, 0.2) is 0 Å². The van der Waals surface area contributed by atoms with Crippen molar-refractivity contribution < 1.29 is 5.11 Å². The predicted octanol–water partition coefficient (Wildman–Crippen LogP) is 1.74. The van der Waals surface area contributed by atoms with Gasteiger partial charge in [-0.25, -0.2) is 0 Å². The van der Waals surface area contributed by atoms with Crippen LogP contribution >= 0.6 is 0 Å². The number of nitrogen functional groups attached to an aromatic ring is 1. The summed E-state index contributed by atoms with van der Waals surface area (Å²) < 4.78 is 0. The molecular formula is C13H20N4O. The van der Waals surface area contributed by atoms with E-state index < -0.39 is 5.60 Å². The van der Waals surface area contributed by atoms with Crippen molar-refractivity contribution in [1.29, 1.82) is 0 Å². The molecule has 1 aromatic carbocycles. The van der Waals surface area contributed by atoms with Gasteiger partial charge in [-0.3, -0.25) is 5.10 Å². The topological polar surface area (TPSA) is 78.2 Å². The first-order valence-electron chi connectivity index (χ1n) is 6.03. The zero-order chi connectivity index (χ0) is 13.3. The maximum absolute atomic E-state index is 9.75. The van der Waals surface area contributed by atoms with E-state index in [1.165, 1.54) is 0 Å². The minimum absolute atomic E-state index is 0.666. The molecule has 98 valence electrons. The Bertz CT molecular complexity index is 541. The first-order chi connectivity index (χ1) is 8.37. The molecule has 4 N–H and O–H groups in total. The van der Waals surface area contributed by atoms with Crippen molar-refractivity contribution in [3.05, 3.63) is 18.3 Å². The zero-order valence-corrected chi connectivity index (χ0v) is 11.1. The van der Waals surface area contributed by atoms with E-state index in [9.17, 15) is 5.11 Å². The molecule has 0 unspecified atom stereocenters. The molecule has 0 saturated carbocycles. The number of nitrogens with zero attached hydrogens (tertiary/aromatic N) is 2. The number of nitrogens with one attached hydrogen (secondary N) is 1. The lowest BCUT2D eigenvalue weighted by Gasteiger charge is -2.25. The number of fused-ring (bicyclic) bond motifs is 1. The first kappa shape index (κ1) is 12.7. The SMILES string of the molecule is CN(CCC(C)(C)O)c1cc2[nH]ncc2cc1N. The highest BCUT2D eigenvalue weighted by Crippen LogP contribution is 2.27. The van der Waals surface area contributed by atoms with Crippen molar-refractivity contribution in [2.24, 2.45) is 0 Å². The summed E-state index contributed by atoms with van der Waals surface area (Å²) in [5, 5.41) is 17.7. The lowest BCUT2D eigenvalue weighted by Crippen LogP contribution is -2.28. The molecule has 5 heteroatoms. The lowest BCUT2D eigenvalue weighted by atomic mass is 10.1. The summed E-state index contributed by atoms with van der Waals surface area (Å²) >= 11 is 0. The van der Waals surface area contributed by atoms with E-state index in [2.05, 4.69) is 10.2 Å². The van der Waals surface area contributed by atoms with Crippen molar-refractivity contribution >= 4 is 22.3 Å². The van der Waals surface area contributed by atoms with E-state index in [1.54, 1.807) is 6.20 Å². The van der Waals surface area contributed by atoms with Gasteiger partial charge in [0.05, 0.1) is 28.7 Å². The summed E-state index contributed by atoms with van der Waals surface area (Å²) in [7, 11) is 1.97. The Hall–Kier alpha value is -1.75. The van der Waals surface area contributed by atoms with Gasteiger partial charge in [0, 0.05) is 19.0 Å². The molecule has 1 heterocycles. The predicted molar refractivity (Wildman–Crippen MR) is 74.7 cm³/mol. The van der Waals surface area contributed by atoms with Gasteiger partial charge in [0.25, 0.3) is 0 Å². The number of H-pyrrole nitrogens is 1. The van der Waals surface area contributed by atoms with Gasteiger partial charge in [-0.1, -0.05) is 0 Å². The van der Waals surface area contributed by atoms with Gasteiger partial charge in [0.2, 0.25) is 0 Å². The highest BCUT2D eigenvalue weighted by atomic mass is 16.3. The molecule has 0 atom stereocenters. The highest BCUT2D eigenvalue weighted by molar-refractivity contribution is 5.88. The van der Waals surface area contributed by atoms with E-state index in [0.29, 0.717) is 6.42 Å². The summed E-state index contributed by atoms with van der Waals surface area (Å²) in [6.07, 6.45) is 2.44. The smallest absolute Gasteiger partial charge is 0.0672 e. The number of aromatic nitrogens is 2. The zero-order valence-electron chi connectivity index (χ0n) is 11.1. The molecule has 18 heavy (non-hydrogen) atoms. The normalized spacial score (nSPS) is 12.0. The van der Waals surface area contributed by atoms with Crippen molar-refractivity contribution in [1.82, 2.24) is 10.2 Å². The Morgan fingerprint density at radius 1 is 1.44 bits per heavy atom. The van der Waals surface area contributed by atoms with Crippen molar-refractivity contribution in [3.63, 3.8) is 0 Å². The second kappa shape index (κ2) is 4.49. The number of anilines is 2. The molecule has 0 aliphatic rings. The number of hydrogen-bond acceptors (Lipinski definition) is 4. The number of aromatic amines is 1. The Morgan fingerprint density at radius 3 is 2.83 bits per heavy atom. The molecule has 2 rings (SSSR count). The van der Waals surface area contributed by atoms with Crippen LogP contribution in [0.25, 0.3) is 10.9 Å². The average molecular weight is 248 g/mol.